The molecule has 1 amide bonds. The Labute approximate surface area is 200 Å². The quantitative estimate of drug-likeness (QED) is 0.372. The maximum absolute atomic E-state index is 13.8. The molecule has 0 fully saturated rings. The van der Waals surface area contributed by atoms with Crippen LogP contribution in [-0.4, -0.2) is 40.3 Å². The first-order valence-corrected chi connectivity index (χ1v) is 11.3. The number of halogens is 1. The fraction of sp³-hybridized carbons (Fsp3) is 0.240. The Morgan fingerprint density at radius 1 is 1.11 bits per heavy atom. The molecule has 0 aliphatic rings. The lowest BCUT2D eigenvalue weighted by Gasteiger charge is -2.04. The van der Waals surface area contributed by atoms with Gasteiger partial charge >= 0.3 is 0 Å². The number of H-pyrrole nitrogens is 1. The summed E-state index contributed by atoms with van der Waals surface area (Å²) in [6.45, 7) is 5.98. The van der Waals surface area contributed by atoms with E-state index in [1.54, 1.807) is 18.2 Å². The normalized spacial score (nSPS) is 11.6. The summed E-state index contributed by atoms with van der Waals surface area (Å²) in [5, 5.41) is 9.29. The second-order valence-corrected chi connectivity index (χ2v) is 8.81. The Morgan fingerprint density at radius 2 is 1.94 bits per heavy atom. The molecule has 0 spiro atoms. The average molecular weight is 473 g/mol. The zero-order chi connectivity index (χ0) is 24.7. The van der Waals surface area contributed by atoms with Crippen LogP contribution in [0.5, 0.6) is 0 Å². The highest BCUT2D eigenvalue weighted by molar-refractivity contribution is 5.91. The predicted molar refractivity (Wildman–Crippen MR) is 129 cm³/mol. The van der Waals surface area contributed by atoms with Crippen molar-refractivity contribution >= 4 is 11.6 Å². The van der Waals surface area contributed by atoms with Crippen LogP contribution >= 0.6 is 0 Å². The van der Waals surface area contributed by atoms with Crippen molar-refractivity contribution in [1.29, 1.82) is 0 Å². The predicted octanol–water partition coefficient (Wildman–Crippen LogP) is 3.90. The van der Waals surface area contributed by atoms with Crippen LogP contribution in [0.4, 0.5) is 4.39 Å². The number of aromatic amines is 1. The molecule has 4 aromatic heterocycles. The van der Waals surface area contributed by atoms with Crippen molar-refractivity contribution in [3.05, 3.63) is 77.3 Å². The number of hydrogen-bond donors (Lipinski definition) is 2. The summed E-state index contributed by atoms with van der Waals surface area (Å²) >= 11 is 0. The van der Waals surface area contributed by atoms with E-state index in [0.29, 0.717) is 35.6 Å². The lowest BCUT2D eigenvalue weighted by molar-refractivity contribution is 0.0993. The molecule has 0 radical (unpaired) electrons. The Bertz CT molecular complexity index is 1520. The topological polar surface area (TPSA) is 120 Å². The highest BCUT2D eigenvalue weighted by Gasteiger charge is 2.20. The van der Waals surface area contributed by atoms with Crippen LogP contribution in [0, 0.1) is 12.7 Å². The maximum atomic E-state index is 13.8. The van der Waals surface area contributed by atoms with Gasteiger partial charge in [0.05, 0.1) is 11.9 Å². The van der Waals surface area contributed by atoms with Gasteiger partial charge in [0.2, 0.25) is 0 Å². The number of rotatable bonds is 7. The number of fused-ring (bicyclic) bond motifs is 1. The summed E-state index contributed by atoms with van der Waals surface area (Å²) in [7, 11) is 0. The summed E-state index contributed by atoms with van der Waals surface area (Å²) in [5.41, 5.74) is 10.5. The highest BCUT2D eigenvalue weighted by Crippen LogP contribution is 2.29. The van der Waals surface area contributed by atoms with Crippen LogP contribution in [0.15, 0.2) is 48.8 Å². The number of nitrogens with one attached hydrogen (secondary N) is 1. The van der Waals surface area contributed by atoms with Crippen LogP contribution in [0.3, 0.4) is 0 Å². The van der Waals surface area contributed by atoms with E-state index in [1.807, 2.05) is 29.9 Å². The van der Waals surface area contributed by atoms with Gasteiger partial charge in [0.15, 0.2) is 5.65 Å². The third kappa shape index (κ3) is 4.42. The first-order chi connectivity index (χ1) is 16.8. The number of hydrogen-bond acceptors (Lipinski definition) is 5. The number of primary amides is 1. The van der Waals surface area contributed by atoms with Gasteiger partial charge < -0.3 is 10.7 Å². The van der Waals surface area contributed by atoms with Crippen molar-refractivity contribution in [2.75, 3.05) is 0 Å². The third-order valence-corrected chi connectivity index (χ3v) is 5.76. The van der Waals surface area contributed by atoms with E-state index in [9.17, 15) is 9.18 Å². The fourth-order valence-electron chi connectivity index (χ4n) is 4.06. The molecule has 0 aliphatic heterocycles. The van der Waals surface area contributed by atoms with Crippen LogP contribution in [0.2, 0.25) is 0 Å². The van der Waals surface area contributed by atoms with Crippen LogP contribution < -0.4 is 5.73 Å². The standard InChI is InChI=1S/C25H25FN8O/c1-14(2)33-9-8-19(31-33)24-23(18-5-7-22-28-13-20(25(27)35)34(22)32-18)29-21(30-24)6-4-16-10-15(3)11-17(26)12-16/h5,7-14H,4,6H2,1-3H3,(H2,27,35)(H,29,30). The number of imidazole rings is 2. The molecule has 4 heterocycles. The molecule has 0 saturated heterocycles. The van der Waals surface area contributed by atoms with Crippen molar-refractivity contribution in [3.63, 3.8) is 0 Å². The zero-order valence-electron chi connectivity index (χ0n) is 19.7. The van der Waals surface area contributed by atoms with Crippen LogP contribution in [0.1, 0.15) is 47.3 Å². The molecule has 9 nitrogen and oxygen atoms in total. The summed E-state index contributed by atoms with van der Waals surface area (Å²) in [6, 6.07) is 10.7. The Balaban J connectivity index is 1.57. The number of aromatic nitrogens is 7. The van der Waals surface area contributed by atoms with E-state index in [1.165, 1.54) is 16.8 Å². The van der Waals surface area contributed by atoms with Crippen molar-refractivity contribution in [1.82, 2.24) is 34.3 Å². The molecule has 178 valence electrons. The van der Waals surface area contributed by atoms with Gasteiger partial charge in [-0.25, -0.2) is 18.9 Å². The fourth-order valence-corrected chi connectivity index (χ4v) is 4.06. The number of nitrogens with two attached hydrogens (primary N) is 1. The number of carbonyl (C=O) groups excluding carboxylic acids is 1. The first kappa shape index (κ1) is 22.5. The second kappa shape index (κ2) is 8.79. The number of amides is 1. The van der Waals surface area contributed by atoms with Gasteiger partial charge in [0.25, 0.3) is 5.91 Å². The highest BCUT2D eigenvalue weighted by atomic mass is 19.1. The lowest BCUT2D eigenvalue weighted by atomic mass is 10.1. The summed E-state index contributed by atoms with van der Waals surface area (Å²) in [4.78, 5) is 24.2. The van der Waals surface area contributed by atoms with E-state index >= 15 is 0 Å². The number of benzene rings is 1. The summed E-state index contributed by atoms with van der Waals surface area (Å²) in [6.07, 6.45) is 4.50. The summed E-state index contributed by atoms with van der Waals surface area (Å²) in [5.74, 6) is -0.145. The molecular weight excluding hydrogens is 447 g/mol. The Kier molecular flexibility index (Phi) is 5.64. The van der Waals surface area contributed by atoms with Gasteiger partial charge in [0.1, 0.15) is 34.4 Å². The largest absolute Gasteiger partial charge is 0.364 e. The molecule has 0 aliphatic carbocycles. The van der Waals surface area contributed by atoms with Crippen LogP contribution in [0.25, 0.3) is 28.4 Å². The van der Waals surface area contributed by atoms with Crippen molar-refractivity contribution in [3.8, 4) is 22.8 Å². The third-order valence-electron chi connectivity index (χ3n) is 5.76. The molecule has 0 bridgehead atoms. The Hall–Kier alpha value is -4.34. The molecule has 5 aromatic rings. The van der Waals surface area contributed by atoms with E-state index < -0.39 is 5.91 Å². The minimum Gasteiger partial charge on any atom is -0.364 e. The van der Waals surface area contributed by atoms with E-state index in [2.05, 4.69) is 28.9 Å². The molecule has 5 rings (SSSR count). The van der Waals surface area contributed by atoms with Gasteiger partial charge in [0, 0.05) is 18.7 Å². The second-order valence-electron chi connectivity index (χ2n) is 8.81. The molecule has 0 saturated carbocycles. The van der Waals surface area contributed by atoms with E-state index in [4.69, 9.17) is 15.8 Å². The van der Waals surface area contributed by atoms with E-state index in [0.717, 1.165) is 22.6 Å². The SMILES string of the molecule is Cc1cc(F)cc(CCc2nc(-c3ccc4ncc(C(N)=O)n4n3)c(-c3ccn(C(C)C)n3)[nH]2)c1. The summed E-state index contributed by atoms with van der Waals surface area (Å²) < 4.78 is 17.1. The molecule has 3 N–H and O–H groups in total. The molecule has 1 aromatic carbocycles. The van der Waals surface area contributed by atoms with Gasteiger partial charge in [-0.05, 0) is 68.7 Å². The minimum atomic E-state index is -0.619. The van der Waals surface area contributed by atoms with E-state index in [-0.39, 0.29) is 17.6 Å². The minimum absolute atomic E-state index is 0.185. The molecular formula is C25H25FN8O. The first-order valence-electron chi connectivity index (χ1n) is 11.3. The van der Waals surface area contributed by atoms with Crippen LogP contribution in [-0.2, 0) is 12.8 Å². The van der Waals surface area contributed by atoms with Crippen molar-refractivity contribution in [2.45, 2.75) is 39.7 Å². The van der Waals surface area contributed by atoms with Gasteiger partial charge in [-0.15, -0.1) is 0 Å². The lowest BCUT2D eigenvalue weighted by Crippen LogP contribution is -2.15. The molecule has 10 heteroatoms. The maximum Gasteiger partial charge on any atom is 0.269 e. The monoisotopic (exact) mass is 472 g/mol. The molecule has 0 atom stereocenters. The molecule has 35 heavy (non-hydrogen) atoms. The van der Waals surface area contributed by atoms with Gasteiger partial charge in [-0.3, -0.25) is 9.48 Å². The number of carbonyl (C=O) groups is 1. The molecule has 0 unspecified atom stereocenters. The average Bonchev–Trinajstić information content (AvgIpc) is 3.54. The van der Waals surface area contributed by atoms with Crippen molar-refractivity contribution < 1.29 is 9.18 Å². The Morgan fingerprint density at radius 3 is 2.66 bits per heavy atom. The van der Waals surface area contributed by atoms with Gasteiger partial charge in [-0.1, -0.05) is 6.07 Å². The zero-order valence-corrected chi connectivity index (χ0v) is 19.7. The number of nitrogens with zero attached hydrogens (tertiary/aromatic N) is 6. The smallest absolute Gasteiger partial charge is 0.269 e. The van der Waals surface area contributed by atoms with Gasteiger partial charge in [-0.2, -0.15) is 10.2 Å². The van der Waals surface area contributed by atoms with Crippen molar-refractivity contribution in [2.24, 2.45) is 5.73 Å². The number of aryl methyl sites for hydroxylation is 3.